The topological polar surface area (TPSA) is 145 Å². The van der Waals surface area contributed by atoms with Gasteiger partial charge in [-0.1, -0.05) is 58.5 Å². The molecule has 4 aromatic heterocycles. The molecule has 12 nitrogen and oxygen atoms in total. The molecule has 0 aliphatic rings. The fourth-order valence-electron chi connectivity index (χ4n) is 3.94. The van der Waals surface area contributed by atoms with Crippen LogP contribution >= 0.6 is 46.4 Å². The molecule has 52 heavy (non-hydrogen) atoms. The van der Waals surface area contributed by atoms with Gasteiger partial charge in [0.05, 0.1) is 31.8 Å². The summed E-state index contributed by atoms with van der Waals surface area (Å²) in [5.41, 5.74) is -1.42. The monoisotopic (exact) mass is 802 g/mol. The molecule has 268 valence electrons. The van der Waals surface area contributed by atoms with Gasteiger partial charge >= 0.3 is 12.4 Å². The number of halogens is 10. The lowest BCUT2D eigenvalue weighted by Crippen LogP contribution is -2.14. The quantitative estimate of drug-likeness (QED) is 0.160. The second-order valence-corrected chi connectivity index (χ2v) is 11.6. The summed E-state index contributed by atoms with van der Waals surface area (Å²) in [5.74, 6) is -1.30. The van der Waals surface area contributed by atoms with Gasteiger partial charge in [0.2, 0.25) is 11.9 Å². The van der Waals surface area contributed by atoms with Crippen molar-refractivity contribution < 1.29 is 35.9 Å². The van der Waals surface area contributed by atoms with Crippen LogP contribution in [0.2, 0.25) is 20.1 Å². The first-order valence-electron chi connectivity index (χ1n) is 13.9. The molecule has 6 rings (SSSR count). The minimum absolute atomic E-state index is 0.0563. The van der Waals surface area contributed by atoms with Gasteiger partial charge < -0.3 is 0 Å². The molecule has 2 N–H and O–H groups in total. The minimum atomic E-state index is -4.56. The van der Waals surface area contributed by atoms with Crippen LogP contribution in [-0.2, 0) is 12.4 Å². The van der Waals surface area contributed by atoms with E-state index in [4.69, 9.17) is 46.4 Å². The average Bonchev–Trinajstić information content (AvgIpc) is 3.74. The Morgan fingerprint density at radius 2 is 1.06 bits per heavy atom. The lowest BCUT2D eigenvalue weighted by molar-refractivity contribution is -0.138. The van der Waals surface area contributed by atoms with Gasteiger partial charge in [0, 0.05) is 23.0 Å². The maximum Gasteiger partial charge on any atom is 0.417 e. The Bertz CT molecular complexity index is 2250. The molecule has 22 heteroatoms. The van der Waals surface area contributed by atoms with Crippen LogP contribution in [0.25, 0.3) is 11.6 Å². The van der Waals surface area contributed by atoms with E-state index in [2.05, 4.69) is 40.8 Å². The molecular formula is C30H16Cl4F6N10O2. The first-order chi connectivity index (χ1) is 24.5. The average molecular weight is 804 g/mol. The summed E-state index contributed by atoms with van der Waals surface area (Å²) in [6, 6.07) is 14.0. The van der Waals surface area contributed by atoms with Crippen molar-refractivity contribution in [3.63, 3.8) is 0 Å². The molecule has 0 spiro atoms. The molecule has 6 aromatic rings. The standard InChI is InChI=1S/2C15H8Cl2F3N5O/c16-10-3-1-8(2-4-10)13(26)23-14-22-7-25(24-14)12-11(17)5-9(6-21-12)15(18,19)20;16-10-4-2-1-3-9(10)13(26)23-14-22-7-25(24-14)12-11(17)5-8(6-21-12)15(18,19)20/h2*1-7H,(H,23,24,26). The van der Waals surface area contributed by atoms with E-state index in [-0.39, 0.29) is 44.2 Å². The summed E-state index contributed by atoms with van der Waals surface area (Å²) in [7, 11) is 0. The second-order valence-electron chi connectivity index (χ2n) is 9.97. The molecule has 0 unspecified atom stereocenters. The maximum absolute atomic E-state index is 12.7. The number of carbonyl (C=O) groups is 2. The number of anilines is 2. The fraction of sp³-hybridized carbons (Fsp3) is 0.0667. The van der Waals surface area contributed by atoms with Crippen LogP contribution in [-0.4, -0.2) is 51.3 Å². The zero-order valence-corrected chi connectivity index (χ0v) is 28.3. The molecule has 0 radical (unpaired) electrons. The van der Waals surface area contributed by atoms with E-state index < -0.39 is 35.3 Å². The summed E-state index contributed by atoms with van der Waals surface area (Å²) in [5, 5.41) is 12.9. The zero-order chi connectivity index (χ0) is 37.8. The first kappa shape index (κ1) is 37.9. The predicted molar refractivity (Wildman–Crippen MR) is 177 cm³/mol. The van der Waals surface area contributed by atoms with E-state index in [1.165, 1.54) is 24.5 Å². The Balaban J connectivity index is 0.000000201. The largest absolute Gasteiger partial charge is 0.417 e. The Kier molecular flexibility index (Phi) is 11.3. The van der Waals surface area contributed by atoms with Gasteiger partial charge in [0.1, 0.15) is 12.7 Å². The lowest BCUT2D eigenvalue weighted by Gasteiger charge is -2.08. The van der Waals surface area contributed by atoms with Crippen LogP contribution in [0, 0.1) is 0 Å². The second kappa shape index (κ2) is 15.5. The number of amides is 2. The van der Waals surface area contributed by atoms with E-state index in [1.807, 2.05) is 0 Å². The number of hydrogen-bond donors (Lipinski definition) is 2. The number of aromatic nitrogens is 8. The maximum atomic E-state index is 12.7. The molecule has 0 aliphatic carbocycles. The Morgan fingerprint density at radius 3 is 1.50 bits per heavy atom. The highest BCUT2D eigenvalue weighted by atomic mass is 35.5. The van der Waals surface area contributed by atoms with E-state index in [0.717, 1.165) is 27.8 Å². The van der Waals surface area contributed by atoms with Gasteiger partial charge in [-0.3, -0.25) is 20.2 Å². The molecule has 2 aromatic carbocycles. The highest BCUT2D eigenvalue weighted by Gasteiger charge is 2.33. The van der Waals surface area contributed by atoms with Crippen molar-refractivity contribution in [3.8, 4) is 11.6 Å². The van der Waals surface area contributed by atoms with Crippen molar-refractivity contribution in [1.29, 1.82) is 0 Å². The highest BCUT2D eigenvalue weighted by molar-refractivity contribution is 6.34. The number of rotatable bonds is 6. The normalized spacial score (nSPS) is 11.4. The van der Waals surface area contributed by atoms with Crippen molar-refractivity contribution in [2.45, 2.75) is 12.4 Å². The molecule has 0 bridgehead atoms. The minimum Gasteiger partial charge on any atom is -0.289 e. The third-order valence-electron chi connectivity index (χ3n) is 6.39. The molecule has 0 saturated heterocycles. The molecule has 0 aliphatic heterocycles. The summed E-state index contributed by atoms with van der Waals surface area (Å²) in [6.07, 6.45) is -5.54. The van der Waals surface area contributed by atoms with E-state index >= 15 is 0 Å². The summed E-state index contributed by atoms with van der Waals surface area (Å²) >= 11 is 23.4. The van der Waals surface area contributed by atoms with E-state index in [0.29, 0.717) is 23.0 Å². The van der Waals surface area contributed by atoms with Gasteiger partial charge in [-0.05, 0) is 48.5 Å². The number of hydrogen-bond acceptors (Lipinski definition) is 8. The highest BCUT2D eigenvalue weighted by Crippen LogP contribution is 2.33. The third kappa shape index (κ3) is 9.32. The SMILES string of the molecule is O=C(Nc1ncn(-c2ncc(C(F)(F)F)cc2Cl)n1)c1ccc(Cl)cc1.O=C(Nc1ncn(-c2ncc(C(F)(F)F)cc2Cl)n1)c1ccccc1Cl. The van der Waals surface area contributed by atoms with Crippen molar-refractivity contribution in [1.82, 2.24) is 39.5 Å². The Hall–Kier alpha value is -5.30. The zero-order valence-electron chi connectivity index (χ0n) is 25.3. The van der Waals surface area contributed by atoms with Crippen LogP contribution in [0.15, 0.2) is 85.7 Å². The number of benzene rings is 2. The van der Waals surface area contributed by atoms with Gasteiger partial charge in [0.25, 0.3) is 11.8 Å². The number of nitrogens with one attached hydrogen (secondary N) is 2. The molecule has 0 fully saturated rings. The molecular weight excluding hydrogens is 788 g/mol. The Labute approximate surface area is 307 Å². The molecule has 0 saturated carbocycles. The van der Waals surface area contributed by atoms with Crippen LogP contribution in [0.5, 0.6) is 0 Å². The predicted octanol–water partition coefficient (Wildman–Crippen LogP) is 8.48. The molecule has 0 atom stereocenters. The number of nitrogens with zero attached hydrogens (tertiary/aromatic N) is 8. The van der Waals surface area contributed by atoms with Crippen molar-refractivity contribution in [2.24, 2.45) is 0 Å². The van der Waals surface area contributed by atoms with Gasteiger partial charge in [-0.2, -0.15) is 45.7 Å². The van der Waals surface area contributed by atoms with Gasteiger partial charge in [-0.15, -0.1) is 10.2 Å². The van der Waals surface area contributed by atoms with E-state index in [9.17, 15) is 35.9 Å². The number of alkyl halides is 6. The Morgan fingerprint density at radius 1 is 0.596 bits per heavy atom. The smallest absolute Gasteiger partial charge is 0.289 e. The summed E-state index contributed by atoms with van der Waals surface area (Å²) < 4.78 is 78.0. The molecule has 2 amide bonds. The van der Waals surface area contributed by atoms with Crippen LogP contribution in [0.4, 0.5) is 38.2 Å². The summed E-state index contributed by atoms with van der Waals surface area (Å²) in [6.45, 7) is 0. The van der Waals surface area contributed by atoms with E-state index in [1.54, 1.807) is 30.3 Å². The van der Waals surface area contributed by atoms with Gasteiger partial charge in [-0.25, -0.2) is 9.97 Å². The number of carbonyl (C=O) groups excluding carboxylic acids is 2. The first-order valence-corrected chi connectivity index (χ1v) is 15.4. The third-order valence-corrected chi connectivity index (χ3v) is 7.53. The van der Waals surface area contributed by atoms with Crippen LogP contribution in [0.3, 0.4) is 0 Å². The van der Waals surface area contributed by atoms with Crippen molar-refractivity contribution in [2.75, 3.05) is 10.6 Å². The van der Waals surface area contributed by atoms with Crippen LogP contribution in [0.1, 0.15) is 31.8 Å². The van der Waals surface area contributed by atoms with Crippen molar-refractivity contribution >= 4 is 70.1 Å². The fourth-order valence-corrected chi connectivity index (χ4v) is 4.80. The van der Waals surface area contributed by atoms with Gasteiger partial charge in [0.15, 0.2) is 11.6 Å². The number of pyridine rings is 2. The lowest BCUT2D eigenvalue weighted by atomic mass is 10.2. The van der Waals surface area contributed by atoms with Crippen molar-refractivity contribution in [3.05, 3.63) is 128 Å². The summed E-state index contributed by atoms with van der Waals surface area (Å²) in [4.78, 5) is 39.3. The van der Waals surface area contributed by atoms with Crippen LogP contribution < -0.4 is 10.6 Å². The molecule has 4 heterocycles.